The molecular formula is C19H21NO3S. The van der Waals surface area contributed by atoms with Crippen LogP contribution in [0.25, 0.3) is 0 Å². The highest BCUT2D eigenvalue weighted by atomic mass is 32.2. The Bertz CT molecular complexity index is 928. The van der Waals surface area contributed by atoms with Gasteiger partial charge < -0.3 is 0 Å². The molecule has 0 aromatic heterocycles. The van der Waals surface area contributed by atoms with Gasteiger partial charge in [0.15, 0.2) is 5.78 Å². The van der Waals surface area contributed by atoms with Crippen LogP contribution < -0.4 is 0 Å². The van der Waals surface area contributed by atoms with Crippen molar-refractivity contribution in [2.24, 2.45) is 0 Å². The van der Waals surface area contributed by atoms with Crippen LogP contribution in [0.15, 0.2) is 41.3 Å². The zero-order chi connectivity index (χ0) is 18.1. The van der Waals surface area contributed by atoms with Crippen LogP contribution in [0.4, 0.5) is 0 Å². The predicted octanol–water partition coefficient (Wildman–Crippen LogP) is 3.70. The molecule has 4 nitrogen and oxygen atoms in total. The lowest BCUT2D eigenvalue weighted by molar-refractivity contribution is -0.116. The fourth-order valence-corrected chi connectivity index (χ4v) is 3.30. The maximum Gasteiger partial charge on any atom is 0.193 e. The molecule has 2 aromatic carbocycles. The monoisotopic (exact) mass is 343 g/mol. The molecule has 2 aromatic rings. The Morgan fingerprint density at radius 1 is 1.08 bits per heavy atom. The van der Waals surface area contributed by atoms with Gasteiger partial charge in [0, 0.05) is 28.7 Å². The van der Waals surface area contributed by atoms with Gasteiger partial charge >= 0.3 is 0 Å². The maximum atomic E-state index is 12.8. The minimum Gasteiger partial charge on any atom is -0.300 e. The van der Waals surface area contributed by atoms with Crippen LogP contribution >= 0.6 is 0 Å². The highest BCUT2D eigenvalue weighted by molar-refractivity contribution is 7.91. The smallest absolute Gasteiger partial charge is 0.193 e. The summed E-state index contributed by atoms with van der Waals surface area (Å²) in [4.78, 5) is 24.5. The molecule has 5 heteroatoms. The van der Waals surface area contributed by atoms with Crippen molar-refractivity contribution in [2.75, 3.05) is 6.26 Å². The zero-order valence-electron chi connectivity index (χ0n) is 14.3. The van der Waals surface area contributed by atoms with E-state index < -0.39 is 9.73 Å². The predicted molar refractivity (Wildman–Crippen MR) is 95.2 cm³/mol. The Hall–Kier alpha value is -2.27. The molecule has 1 atom stereocenters. The summed E-state index contributed by atoms with van der Waals surface area (Å²) in [5, 5.41) is 0. The Morgan fingerprint density at radius 3 is 2.33 bits per heavy atom. The Balaban J connectivity index is 2.47. The van der Waals surface area contributed by atoms with E-state index in [1.807, 2.05) is 19.9 Å². The average molecular weight is 343 g/mol. The Kier molecular flexibility index (Phi) is 5.04. The molecule has 0 aliphatic heterocycles. The molecule has 0 amide bonds. The third-order valence-electron chi connectivity index (χ3n) is 3.91. The third-order valence-corrected chi connectivity index (χ3v) is 5.07. The first-order chi connectivity index (χ1) is 11.1. The quantitative estimate of drug-likeness (QED) is 0.841. The van der Waals surface area contributed by atoms with E-state index in [1.165, 1.54) is 12.3 Å². The minimum atomic E-state index is -2.87. The lowest BCUT2D eigenvalue weighted by atomic mass is 9.93. The number of benzene rings is 2. The van der Waals surface area contributed by atoms with Crippen LogP contribution in [0.3, 0.4) is 0 Å². The van der Waals surface area contributed by atoms with Crippen molar-refractivity contribution in [1.29, 1.82) is 4.78 Å². The van der Waals surface area contributed by atoms with Crippen LogP contribution in [0.5, 0.6) is 0 Å². The first kappa shape index (κ1) is 18.1. The van der Waals surface area contributed by atoms with Gasteiger partial charge in [0.2, 0.25) is 0 Å². The van der Waals surface area contributed by atoms with E-state index in [4.69, 9.17) is 4.78 Å². The second-order valence-corrected chi connectivity index (χ2v) is 8.33. The van der Waals surface area contributed by atoms with Crippen molar-refractivity contribution in [3.05, 3.63) is 64.2 Å². The fraction of sp³-hybridized carbons (Fsp3) is 0.263. The van der Waals surface area contributed by atoms with E-state index in [0.717, 1.165) is 16.7 Å². The van der Waals surface area contributed by atoms with E-state index in [1.54, 1.807) is 31.2 Å². The van der Waals surface area contributed by atoms with E-state index in [-0.39, 0.29) is 11.6 Å². The summed E-state index contributed by atoms with van der Waals surface area (Å²) in [7, 11) is -2.87. The molecule has 0 spiro atoms. The van der Waals surface area contributed by atoms with Gasteiger partial charge in [0.1, 0.15) is 5.78 Å². The number of hydrogen-bond acceptors (Lipinski definition) is 4. The second-order valence-electron chi connectivity index (χ2n) is 6.17. The van der Waals surface area contributed by atoms with Crippen molar-refractivity contribution < 1.29 is 13.8 Å². The first-order valence-corrected chi connectivity index (χ1v) is 9.54. The molecule has 126 valence electrons. The fourth-order valence-electron chi connectivity index (χ4n) is 2.61. The Morgan fingerprint density at radius 2 is 1.75 bits per heavy atom. The minimum absolute atomic E-state index is 0.0810. The molecule has 24 heavy (non-hydrogen) atoms. The normalized spacial score (nSPS) is 13.3. The van der Waals surface area contributed by atoms with Crippen molar-refractivity contribution in [2.45, 2.75) is 32.1 Å². The van der Waals surface area contributed by atoms with E-state index in [9.17, 15) is 13.8 Å². The summed E-state index contributed by atoms with van der Waals surface area (Å²) in [6, 6.07) is 10.1. The number of carbonyl (C=O) groups excluding carboxylic acids is 2. The molecule has 0 radical (unpaired) electrons. The van der Waals surface area contributed by atoms with Gasteiger partial charge in [-0.25, -0.2) is 8.99 Å². The summed E-state index contributed by atoms with van der Waals surface area (Å²) in [6.45, 7) is 5.27. The standard InChI is InChI=1S/C19H21NO3S/c1-12-9-18(13(2)8-16(12)10-14(3)21)19(22)15-6-5-7-17(11-15)24(4,20)23/h5-9,11,20H,10H2,1-4H3. The molecule has 0 bridgehead atoms. The number of ketones is 2. The zero-order valence-corrected chi connectivity index (χ0v) is 15.1. The average Bonchev–Trinajstić information content (AvgIpc) is 2.48. The summed E-state index contributed by atoms with van der Waals surface area (Å²) < 4.78 is 19.6. The van der Waals surface area contributed by atoms with Crippen LogP contribution in [0, 0.1) is 18.6 Å². The number of carbonyl (C=O) groups is 2. The molecule has 0 fully saturated rings. The van der Waals surface area contributed by atoms with E-state index in [0.29, 0.717) is 22.4 Å². The van der Waals surface area contributed by atoms with Gasteiger partial charge in [0.25, 0.3) is 0 Å². The largest absolute Gasteiger partial charge is 0.300 e. The molecule has 0 aliphatic carbocycles. The molecule has 2 rings (SSSR count). The van der Waals surface area contributed by atoms with Gasteiger partial charge in [-0.05, 0) is 55.7 Å². The van der Waals surface area contributed by atoms with Crippen molar-refractivity contribution >= 4 is 21.3 Å². The summed E-state index contributed by atoms with van der Waals surface area (Å²) >= 11 is 0. The van der Waals surface area contributed by atoms with Gasteiger partial charge in [-0.2, -0.15) is 0 Å². The molecular weight excluding hydrogens is 322 g/mol. The molecule has 1 N–H and O–H groups in total. The highest BCUT2D eigenvalue weighted by Gasteiger charge is 2.16. The van der Waals surface area contributed by atoms with Crippen LogP contribution in [0.1, 0.15) is 39.5 Å². The third kappa shape index (κ3) is 3.97. The molecule has 0 heterocycles. The molecule has 0 aliphatic rings. The summed E-state index contributed by atoms with van der Waals surface area (Å²) in [5.41, 5.74) is 3.60. The van der Waals surface area contributed by atoms with Crippen molar-refractivity contribution in [3.8, 4) is 0 Å². The number of rotatable bonds is 5. The van der Waals surface area contributed by atoms with E-state index >= 15 is 0 Å². The number of aryl methyl sites for hydroxylation is 2. The van der Waals surface area contributed by atoms with Crippen LogP contribution in [-0.4, -0.2) is 22.0 Å². The summed E-state index contributed by atoms with van der Waals surface area (Å²) in [5.74, 6) is -0.0899. The van der Waals surface area contributed by atoms with Crippen LogP contribution in [0.2, 0.25) is 0 Å². The van der Waals surface area contributed by atoms with Gasteiger partial charge in [-0.3, -0.25) is 9.59 Å². The summed E-state index contributed by atoms with van der Waals surface area (Å²) in [6.07, 6.45) is 1.69. The molecule has 0 saturated carbocycles. The SMILES string of the molecule is CC(=O)Cc1cc(C)c(C(=O)c2cccc(S(C)(=N)=O)c2)cc1C. The van der Waals surface area contributed by atoms with Crippen LogP contribution in [-0.2, 0) is 20.9 Å². The van der Waals surface area contributed by atoms with Crippen molar-refractivity contribution in [3.63, 3.8) is 0 Å². The Labute approximate surface area is 142 Å². The topological polar surface area (TPSA) is 75.1 Å². The second kappa shape index (κ2) is 6.69. The number of nitrogens with one attached hydrogen (secondary N) is 1. The molecule has 1 unspecified atom stereocenters. The van der Waals surface area contributed by atoms with Gasteiger partial charge in [0.05, 0.1) is 9.73 Å². The molecule has 0 saturated heterocycles. The maximum absolute atomic E-state index is 12.8. The highest BCUT2D eigenvalue weighted by Crippen LogP contribution is 2.21. The van der Waals surface area contributed by atoms with Crippen molar-refractivity contribution in [1.82, 2.24) is 0 Å². The number of Topliss-reactive ketones (excluding diaryl/α,β-unsaturated/α-hetero) is 1. The lowest BCUT2D eigenvalue weighted by Gasteiger charge is -2.12. The number of hydrogen-bond donors (Lipinski definition) is 1. The van der Waals surface area contributed by atoms with Gasteiger partial charge in [-0.15, -0.1) is 0 Å². The van der Waals surface area contributed by atoms with E-state index in [2.05, 4.69) is 0 Å². The lowest BCUT2D eigenvalue weighted by Crippen LogP contribution is -2.08. The first-order valence-electron chi connectivity index (χ1n) is 7.57. The van der Waals surface area contributed by atoms with Gasteiger partial charge in [-0.1, -0.05) is 18.2 Å².